The third-order valence-electron chi connectivity index (χ3n) is 3.75. The van der Waals surface area contributed by atoms with Gasteiger partial charge in [0, 0.05) is 30.9 Å². The van der Waals surface area contributed by atoms with Gasteiger partial charge in [-0.2, -0.15) is 0 Å². The second-order valence-corrected chi connectivity index (χ2v) is 6.20. The second kappa shape index (κ2) is 6.82. The summed E-state index contributed by atoms with van der Waals surface area (Å²) >= 11 is 3.13. The first-order valence-electron chi connectivity index (χ1n) is 6.92. The molecule has 1 fully saturated rings. The first kappa shape index (κ1) is 16.8. The molecular formula is C13H12ClN6O3S-. The molecule has 3 rings (SSSR count). The van der Waals surface area contributed by atoms with Crippen molar-refractivity contribution in [1.29, 1.82) is 0 Å². The molecule has 126 valence electrons. The van der Waals surface area contributed by atoms with Gasteiger partial charge < -0.3 is 14.4 Å². The fraction of sp³-hybridized carbons (Fsp3) is 0.385. The Balaban J connectivity index is 2.01. The normalized spacial score (nSPS) is 20.0. The van der Waals surface area contributed by atoms with Crippen molar-refractivity contribution >= 4 is 39.9 Å². The lowest BCUT2D eigenvalue weighted by molar-refractivity contribution is -0.130. The number of rotatable bonds is 3. The van der Waals surface area contributed by atoms with E-state index in [0.717, 1.165) is 0 Å². The van der Waals surface area contributed by atoms with Gasteiger partial charge in [-0.05, 0) is 5.92 Å². The molecule has 9 nitrogen and oxygen atoms in total. The summed E-state index contributed by atoms with van der Waals surface area (Å²) in [7, 11) is 0. The van der Waals surface area contributed by atoms with Crippen molar-refractivity contribution in [3.63, 3.8) is 0 Å². The van der Waals surface area contributed by atoms with Crippen molar-refractivity contribution in [3.05, 3.63) is 17.8 Å². The van der Waals surface area contributed by atoms with Gasteiger partial charge in [0.1, 0.15) is 29.2 Å². The Morgan fingerprint density at radius 1 is 1.54 bits per heavy atom. The first-order chi connectivity index (χ1) is 11.5. The SMILES string of the molecule is C#Cc1ncnc2nc(C3CN(C(=O)CCl)CCN3S(=O)[O-])[nH]c12. The van der Waals surface area contributed by atoms with Gasteiger partial charge >= 0.3 is 0 Å². The van der Waals surface area contributed by atoms with Crippen molar-refractivity contribution in [1.82, 2.24) is 29.1 Å². The zero-order valence-corrected chi connectivity index (χ0v) is 13.9. The van der Waals surface area contributed by atoms with E-state index < -0.39 is 17.3 Å². The number of amides is 1. The number of carbonyl (C=O) groups excluding carboxylic acids is 1. The van der Waals surface area contributed by atoms with Gasteiger partial charge in [0.05, 0.1) is 6.04 Å². The van der Waals surface area contributed by atoms with Crippen molar-refractivity contribution < 1.29 is 13.6 Å². The van der Waals surface area contributed by atoms with Gasteiger partial charge in [0.2, 0.25) is 5.91 Å². The molecule has 1 N–H and O–H groups in total. The highest BCUT2D eigenvalue weighted by Crippen LogP contribution is 2.26. The highest BCUT2D eigenvalue weighted by Gasteiger charge is 2.33. The molecule has 0 spiro atoms. The van der Waals surface area contributed by atoms with E-state index in [1.165, 1.54) is 15.5 Å². The van der Waals surface area contributed by atoms with Crippen molar-refractivity contribution in [2.45, 2.75) is 6.04 Å². The summed E-state index contributed by atoms with van der Waals surface area (Å²) in [4.78, 5) is 28.6. The Hall–Kier alpha value is -2.06. The molecule has 0 aliphatic carbocycles. The molecule has 1 aliphatic rings. The molecule has 1 saturated heterocycles. The Bertz CT molecular complexity index is 850. The standard InChI is InChI=1S/C13H13ClN6O3S/c1-2-8-11-13(16-7-15-8)18-12(17-11)9-6-19(10(21)5-14)3-4-20(9)24(22)23/h1,7,9H,3-6H2,(H,22,23)(H,15,16,17,18)/p-1. The summed E-state index contributed by atoms with van der Waals surface area (Å²) in [5, 5.41) is 0. The van der Waals surface area contributed by atoms with Crippen LogP contribution in [0.25, 0.3) is 11.2 Å². The van der Waals surface area contributed by atoms with Gasteiger partial charge in [-0.3, -0.25) is 9.00 Å². The quantitative estimate of drug-likeness (QED) is 0.446. The summed E-state index contributed by atoms with van der Waals surface area (Å²) < 4.78 is 24.3. The average Bonchev–Trinajstić information content (AvgIpc) is 3.04. The predicted octanol–water partition coefficient (Wildman–Crippen LogP) is -0.448. The molecule has 2 aromatic heterocycles. The predicted molar refractivity (Wildman–Crippen MR) is 85.3 cm³/mol. The minimum atomic E-state index is -2.47. The highest BCUT2D eigenvalue weighted by atomic mass is 35.5. The molecular weight excluding hydrogens is 356 g/mol. The highest BCUT2D eigenvalue weighted by molar-refractivity contribution is 7.76. The van der Waals surface area contributed by atoms with Gasteiger partial charge in [-0.1, -0.05) is 0 Å². The van der Waals surface area contributed by atoms with E-state index >= 15 is 0 Å². The summed E-state index contributed by atoms with van der Waals surface area (Å²) in [6.45, 7) is 0.554. The van der Waals surface area contributed by atoms with E-state index in [1.807, 2.05) is 0 Å². The molecule has 2 aromatic rings. The number of carbonyl (C=O) groups is 1. The molecule has 0 bridgehead atoms. The average molecular weight is 368 g/mol. The van der Waals surface area contributed by atoms with Crippen molar-refractivity contribution in [2.75, 3.05) is 25.5 Å². The van der Waals surface area contributed by atoms with Crippen LogP contribution < -0.4 is 0 Å². The fourth-order valence-corrected chi connectivity index (χ4v) is 3.37. The van der Waals surface area contributed by atoms with Crippen LogP contribution in [0.5, 0.6) is 0 Å². The third kappa shape index (κ3) is 2.99. The number of halogens is 1. The number of terminal acetylenes is 1. The van der Waals surface area contributed by atoms with E-state index in [0.29, 0.717) is 22.7 Å². The number of piperazine rings is 1. The van der Waals surface area contributed by atoms with E-state index in [2.05, 4.69) is 25.9 Å². The fourth-order valence-electron chi connectivity index (χ4n) is 2.59. The molecule has 24 heavy (non-hydrogen) atoms. The topological polar surface area (TPSA) is 118 Å². The van der Waals surface area contributed by atoms with Gasteiger partial charge in [0.25, 0.3) is 0 Å². The number of hydrogen-bond donors (Lipinski definition) is 1. The molecule has 3 heterocycles. The van der Waals surface area contributed by atoms with Crippen LogP contribution in [0.15, 0.2) is 6.33 Å². The number of hydrogen-bond acceptors (Lipinski definition) is 6. The number of fused-ring (bicyclic) bond motifs is 1. The summed E-state index contributed by atoms with van der Waals surface area (Å²) in [5.41, 5.74) is 1.12. The smallest absolute Gasteiger partial charge is 0.237 e. The minimum Gasteiger partial charge on any atom is -0.760 e. The number of alkyl halides is 1. The molecule has 11 heteroatoms. The van der Waals surface area contributed by atoms with E-state index in [1.54, 1.807) is 0 Å². The lowest BCUT2D eigenvalue weighted by Crippen LogP contribution is -2.51. The monoisotopic (exact) mass is 367 g/mol. The van der Waals surface area contributed by atoms with Crippen LogP contribution in [0.1, 0.15) is 17.6 Å². The van der Waals surface area contributed by atoms with Gasteiger partial charge in [-0.15, -0.1) is 18.0 Å². The molecule has 2 unspecified atom stereocenters. The van der Waals surface area contributed by atoms with E-state index in [4.69, 9.17) is 18.0 Å². The summed E-state index contributed by atoms with van der Waals surface area (Å²) in [6, 6.07) is -0.677. The molecule has 1 aliphatic heterocycles. The third-order valence-corrected chi connectivity index (χ3v) is 4.80. The Labute approximate surface area is 144 Å². The van der Waals surface area contributed by atoms with Crippen LogP contribution in [-0.2, 0) is 16.1 Å². The van der Waals surface area contributed by atoms with Gasteiger partial charge in [0.15, 0.2) is 5.65 Å². The zero-order chi connectivity index (χ0) is 17.3. The largest absolute Gasteiger partial charge is 0.760 e. The number of aromatic amines is 1. The lowest BCUT2D eigenvalue weighted by Gasteiger charge is -2.40. The Kier molecular flexibility index (Phi) is 4.77. The number of imidazole rings is 1. The number of aromatic nitrogens is 4. The van der Waals surface area contributed by atoms with Crippen LogP contribution in [-0.4, -0.2) is 69.3 Å². The Morgan fingerprint density at radius 3 is 3.00 bits per heavy atom. The maximum Gasteiger partial charge on any atom is 0.237 e. The molecule has 0 saturated carbocycles. The second-order valence-electron chi connectivity index (χ2n) is 5.03. The van der Waals surface area contributed by atoms with Crippen LogP contribution in [0.2, 0.25) is 0 Å². The minimum absolute atomic E-state index is 0.137. The Morgan fingerprint density at radius 2 is 2.33 bits per heavy atom. The van der Waals surface area contributed by atoms with Crippen LogP contribution in [0.4, 0.5) is 0 Å². The number of nitrogens with zero attached hydrogens (tertiary/aromatic N) is 5. The maximum absolute atomic E-state index is 11.8. The zero-order valence-electron chi connectivity index (χ0n) is 12.3. The summed E-state index contributed by atoms with van der Waals surface area (Å²) in [6.07, 6.45) is 6.68. The van der Waals surface area contributed by atoms with E-state index in [-0.39, 0.29) is 31.4 Å². The molecule has 0 radical (unpaired) electrons. The lowest BCUT2D eigenvalue weighted by atomic mass is 10.2. The molecule has 0 aromatic carbocycles. The van der Waals surface area contributed by atoms with E-state index in [9.17, 15) is 13.6 Å². The van der Waals surface area contributed by atoms with Crippen LogP contribution >= 0.6 is 11.6 Å². The molecule has 1 amide bonds. The molecule has 2 atom stereocenters. The van der Waals surface area contributed by atoms with Crippen molar-refractivity contribution in [2.24, 2.45) is 0 Å². The van der Waals surface area contributed by atoms with Gasteiger partial charge in [-0.25, -0.2) is 19.3 Å². The number of H-pyrrole nitrogens is 1. The van der Waals surface area contributed by atoms with Crippen LogP contribution in [0.3, 0.4) is 0 Å². The number of nitrogens with one attached hydrogen (secondary N) is 1. The van der Waals surface area contributed by atoms with Crippen molar-refractivity contribution in [3.8, 4) is 12.3 Å². The first-order valence-corrected chi connectivity index (χ1v) is 8.48. The van der Waals surface area contributed by atoms with Crippen LogP contribution in [0, 0.1) is 12.3 Å². The summed E-state index contributed by atoms with van der Waals surface area (Å²) in [5.74, 6) is 2.33. The maximum atomic E-state index is 11.8.